The first-order valence-electron chi connectivity index (χ1n) is 18.9. The number of H-pyrrole nitrogens is 1. The maximum absolute atomic E-state index is 13.1. The molecule has 308 valence electrons. The van der Waals surface area contributed by atoms with Gasteiger partial charge in [-0.2, -0.15) is 4.98 Å². The van der Waals surface area contributed by atoms with Crippen LogP contribution < -0.4 is 20.3 Å². The number of nitrogens with one attached hydrogen (secondary N) is 2. The van der Waals surface area contributed by atoms with Crippen molar-refractivity contribution < 1.29 is 42.2 Å². The largest absolute Gasteiger partial charge is 0.695 e. The van der Waals surface area contributed by atoms with Crippen LogP contribution in [-0.4, -0.2) is 77.8 Å². The smallest absolute Gasteiger partial charge is 0.497 e. The number of methoxy groups -OCH3 is 2. The topological polar surface area (TPSA) is 185 Å². The van der Waals surface area contributed by atoms with Crippen molar-refractivity contribution in [1.82, 2.24) is 19.5 Å². The molecular formula is C41H51N5O10PSi+. The fourth-order valence-corrected chi connectivity index (χ4v) is 8.24. The van der Waals surface area contributed by atoms with E-state index in [2.05, 4.69) is 60.2 Å². The molecule has 5 aromatic rings. The molecule has 58 heavy (non-hydrogen) atoms. The Morgan fingerprint density at radius 1 is 1.00 bits per heavy atom. The van der Waals surface area contributed by atoms with Gasteiger partial charge < -0.3 is 23.4 Å². The fraction of sp³-hybridized carbons (Fsp3) is 0.415. The van der Waals surface area contributed by atoms with Crippen LogP contribution in [0.25, 0.3) is 33.4 Å². The molecule has 5 atom stereocenters. The number of ether oxygens (including phenoxy) is 4. The number of hydrogen-bond acceptors (Lipinski definition) is 11. The highest BCUT2D eigenvalue weighted by atomic mass is 31.1. The van der Waals surface area contributed by atoms with E-state index in [1.807, 2.05) is 60.7 Å². The van der Waals surface area contributed by atoms with Crippen molar-refractivity contribution in [2.24, 2.45) is 5.92 Å². The average Bonchev–Trinajstić information content (AvgIpc) is 3.74. The molecular weight excluding hydrogens is 782 g/mol. The number of aromatic amines is 1. The van der Waals surface area contributed by atoms with E-state index in [9.17, 15) is 19.0 Å². The standard InChI is InChI=1S/C41H50N5O10PSi/c1-24(2)37(47)44-40-43-36-33(38(48)45-40)42-23-46(36)39-35(55-57(49)50)34(56-58(8,9)41(3,4)5)31(54-39)22-53-21-27-11-10-12-30(25-13-17-28(51-6)18-14-25)32(27)26-15-19-29(52-7)20-16-26/h10-20,23-24,31,34-35,39H,21-22H2,1-9H3,(H2-,43,44,45,47,48,49,50)/p+1/t31-,34-,35-,39-/m1/s1. The molecule has 1 aliphatic heterocycles. The maximum atomic E-state index is 13.1. The van der Waals surface area contributed by atoms with Crippen LogP contribution in [0.2, 0.25) is 18.1 Å². The van der Waals surface area contributed by atoms with Crippen LogP contribution in [-0.2, 0) is 34.4 Å². The molecule has 0 bridgehead atoms. The molecule has 3 heterocycles. The molecule has 3 N–H and O–H groups in total. The average molecular weight is 833 g/mol. The van der Waals surface area contributed by atoms with Crippen LogP contribution in [0.4, 0.5) is 5.95 Å². The van der Waals surface area contributed by atoms with E-state index in [4.69, 9.17) is 27.9 Å². The predicted molar refractivity (Wildman–Crippen MR) is 222 cm³/mol. The number of hydrogen-bond donors (Lipinski definition) is 3. The van der Waals surface area contributed by atoms with Crippen LogP contribution in [0.15, 0.2) is 77.9 Å². The van der Waals surface area contributed by atoms with Crippen molar-refractivity contribution in [3.8, 4) is 33.8 Å². The molecule has 0 saturated carbocycles. The first kappa shape index (κ1) is 42.8. The lowest BCUT2D eigenvalue weighted by molar-refractivity contribution is -0.118. The van der Waals surface area contributed by atoms with Gasteiger partial charge in [0.05, 0.1) is 33.8 Å². The van der Waals surface area contributed by atoms with Crippen molar-refractivity contribution in [3.05, 3.63) is 89.0 Å². The van der Waals surface area contributed by atoms with Crippen molar-refractivity contribution in [2.75, 3.05) is 26.1 Å². The minimum atomic E-state index is -3.15. The van der Waals surface area contributed by atoms with Gasteiger partial charge in [-0.1, -0.05) is 77.1 Å². The summed E-state index contributed by atoms with van der Waals surface area (Å²) >= 11 is 0. The lowest BCUT2D eigenvalue weighted by atomic mass is 9.90. The second-order valence-electron chi connectivity index (χ2n) is 15.9. The fourth-order valence-electron chi connectivity index (χ4n) is 6.49. The number of anilines is 1. The Labute approximate surface area is 339 Å². The van der Waals surface area contributed by atoms with Crippen LogP contribution in [0.3, 0.4) is 0 Å². The van der Waals surface area contributed by atoms with Gasteiger partial charge in [0.1, 0.15) is 23.7 Å². The van der Waals surface area contributed by atoms with Gasteiger partial charge in [-0.05, 0) is 70.2 Å². The lowest BCUT2D eigenvalue weighted by Gasteiger charge is -2.39. The quantitative estimate of drug-likeness (QED) is 0.0694. The monoisotopic (exact) mass is 832 g/mol. The highest BCUT2D eigenvalue weighted by Crippen LogP contribution is 2.45. The SMILES string of the molecule is COc1ccc(-c2cccc(COC[C@H]3O[C@@H](n4cnc5c(=O)[nH]c(NC(=O)C(C)C)nc54)[C@H](O[P+](=O)O)[C@@H]3O[Si](C)(C)C(C)(C)C)c2-c2ccc(OC)cc2)cc1. The number of fused-ring (bicyclic) bond motifs is 1. The minimum absolute atomic E-state index is 0.00299. The number of rotatable bonds is 15. The van der Waals surface area contributed by atoms with E-state index in [0.29, 0.717) is 0 Å². The Hall–Kier alpha value is -4.80. The maximum Gasteiger partial charge on any atom is 0.695 e. The Balaban J connectivity index is 1.37. The number of nitrogens with zero attached hydrogens (tertiary/aromatic N) is 3. The molecule has 17 heteroatoms. The van der Waals surface area contributed by atoms with Gasteiger partial charge in [0.25, 0.3) is 5.56 Å². The van der Waals surface area contributed by atoms with Gasteiger partial charge in [-0.15, -0.1) is 9.42 Å². The third-order valence-electron chi connectivity index (χ3n) is 10.7. The van der Waals surface area contributed by atoms with E-state index in [1.165, 1.54) is 10.9 Å². The molecule has 6 rings (SSSR count). The summed E-state index contributed by atoms with van der Waals surface area (Å²) < 4.78 is 50.6. The van der Waals surface area contributed by atoms with Gasteiger partial charge in [0.15, 0.2) is 31.8 Å². The number of carbonyl (C=O) groups is 1. The van der Waals surface area contributed by atoms with Crippen LogP contribution in [0.1, 0.15) is 46.4 Å². The first-order chi connectivity index (χ1) is 27.5. The summed E-state index contributed by atoms with van der Waals surface area (Å²) in [5.41, 5.74) is 4.26. The highest BCUT2D eigenvalue weighted by Gasteiger charge is 2.55. The van der Waals surface area contributed by atoms with Crippen molar-refractivity contribution in [3.63, 3.8) is 0 Å². The summed E-state index contributed by atoms with van der Waals surface area (Å²) in [6.07, 6.45) is -2.63. The Kier molecular flexibility index (Phi) is 13.0. The van der Waals surface area contributed by atoms with Gasteiger partial charge in [0.2, 0.25) is 11.9 Å². The molecule has 1 fully saturated rings. The second-order valence-corrected chi connectivity index (χ2v) is 21.4. The van der Waals surface area contributed by atoms with Crippen LogP contribution >= 0.6 is 8.25 Å². The summed E-state index contributed by atoms with van der Waals surface area (Å²) in [5, 5.41) is 2.37. The molecule has 0 radical (unpaired) electrons. The summed E-state index contributed by atoms with van der Waals surface area (Å²) in [6, 6.07) is 21.7. The number of benzene rings is 3. The number of aromatic nitrogens is 4. The third kappa shape index (κ3) is 9.23. The summed E-state index contributed by atoms with van der Waals surface area (Å²) in [6.45, 7) is 14.0. The summed E-state index contributed by atoms with van der Waals surface area (Å²) in [4.78, 5) is 47.2. The molecule has 1 saturated heterocycles. The Bertz CT molecular complexity index is 2310. The Morgan fingerprint density at radius 2 is 1.64 bits per heavy atom. The van der Waals surface area contributed by atoms with Gasteiger partial charge in [-0.3, -0.25) is 24.5 Å². The second kappa shape index (κ2) is 17.6. The van der Waals surface area contributed by atoms with Crippen LogP contribution in [0.5, 0.6) is 11.5 Å². The van der Waals surface area contributed by atoms with E-state index in [0.717, 1.165) is 39.3 Å². The normalized spacial score (nSPS) is 18.8. The van der Waals surface area contributed by atoms with Crippen LogP contribution in [0, 0.1) is 5.92 Å². The summed E-state index contributed by atoms with van der Waals surface area (Å²) in [5.74, 6) is 0.659. The van der Waals surface area contributed by atoms with Gasteiger partial charge in [0, 0.05) is 10.5 Å². The minimum Gasteiger partial charge on any atom is -0.497 e. The highest BCUT2D eigenvalue weighted by molar-refractivity contribution is 7.32. The molecule has 15 nitrogen and oxygen atoms in total. The zero-order valence-corrected chi connectivity index (χ0v) is 36.0. The number of imidazole rings is 1. The van der Waals surface area contributed by atoms with Gasteiger partial charge in [-0.25, -0.2) is 4.98 Å². The first-order valence-corrected chi connectivity index (χ1v) is 23.0. The van der Waals surface area contributed by atoms with E-state index in [-0.39, 0.29) is 47.2 Å². The zero-order chi connectivity index (χ0) is 41.9. The third-order valence-corrected chi connectivity index (χ3v) is 15.6. The van der Waals surface area contributed by atoms with E-state index in [1.54, 1.807) is 28.1 Å². The molecule has 1 amide bonds. The Morgan fingerprint density at radius 3 is 2.22 bits per heavy atom. The van der Waals surface area contributed by atoms with Crippen molar-refractivity contribution >= 4 is 39.6 Å². The van der Waals surface area contributed by atoms with Crippen molar-refractivity contribution in [2.45, 2.75) is 83.9 Å². The summed E-state index contributed by atoms with van der Waals surface area (Å²) in [7, 11) is -2.48. The molecule has 0 aliphatic carbocycles. The van der Waals surface area contributed by atoms with Crippen molar-refractivity contribution in [1.29, 1.82) is 0 Å². The molecule has 3 aromatic carbocycles. The van der Waals surface area contributed by atoms with Gasteiger partial charge >= 0.3 is 8.25 Å². The lowest BCUT2D eigenvalue weighted by Crippen LogP contribution is -2.50. The molecule has 1 unspecified atom stereocenters. The predicted octanol–water partition coefficient (Wildman–Crippen LogP) is 7.60. The molecule has 1 aliphatic rings. The molecule has 2 aromatic heterocycles. The van der Waals surface area contributed by atoms with E-state index >= 15 is 0 Å². The zero-order valence-electron chi connectivity index (χ0n) is 34.1. The van der Waals surface area contributed by atoms with E-state index < -0.39 is 46.7 Å². The number of amides is 1. The molecule has 0 spiro atoms. The number of carbonyl (C=O) groups excluding carboxylic acids is 1.